The van der Waals surface area contributed by atoms with Gasteiger partial charge in [-0.05, 0) is 72.4 Å². The van der Waals surface area contributed by atoms with E-state index in [4.69, 9.17) is 10.8 Å². The second-order valence-corrected chi connectivity index (χ2v) is 7.76. The quantitative estimate of drug-likeness (QED) is 0.443. The number of aromatic nitrogens is 3. The van der Waals surface area contributed by atoms with Crippen molar-refractivity contribution in [3.8, 4) is 0 Å². The number of benzene rings is 2. The minimum absolute atomic E-state index is 0.0533. The lowest BCUT2D eigenvalue weighted by atomic mass is 9.85. The Hall–Kier alpha value is -4.01. The fourth-order valence-electron chi connectivity index (χ4n) is 3.79. The molecule has 1 fully saturated rings. The first-order valence-electron chi connectivity index (χ1n) is 10.4. The van der Waals surface area contributed by atoms with E-state index in [9.17, 15) is 9.59 Å². The Kier molecular flexibility index (Phi) is 6.25. The Morgan fingerprint density at radius 1 is 0.938 bits per heavy atom. The predicted molar refractivity (Wildman–Crippen MR) is 119 cm³/mol. The van der Waals surface area contributed by atoms with Crippen molar-refractivity contribution in [1.29, 1.82) is 0 Å². The Morgan fingerprint density at radius 3 is 2.44 bits per heavy atom. The Balaban J connectivity index is 0.000000174. The summed E-state index contributed by atoms with van der Waals surface area (Å²) in [6, 6.07) is 17.0. The molecule has 0 radical (unpaired) electrons. The number of primary amides is 1. The van der Waals surface area contributed by atoms with Crippen molar-refractivity contribution in [1.82, 2.24) is 15.3 Å². The number of anilines is 1. The van der Waals surface area contributed by atoms with E-state index in [1.54, 1.807) is 6.07 Å². The molecule has 9 heteroatoms. The standard InChI is InChI=1S/C16H19N3O.C7H4N2O3/c17-16(20)12-5-8-13(9-6-12)18-15-10-7-11-3-1-2-4-14(11)19-15;10-7(11)4-1-2-5-6(3-4)9-12-8-5/h1-4,7,10,12-13H,5-6,8-9H2,(H2,17,20)(H,18,19);1-3H,(H,10,11)/t12-,13+;. The largest absolute Gasteiger partial charge is 0.478 e. The smallest absolute Gasteiger partial charge is 0.335 e. The average molecular weight is 433 g/mol. The molecule has 0 atom stereocenters. The van der Waals surface area contributed by atoms with Gasteiger partial charge in [-0.1, -0.05) is 18.2 Å². The van der Waals surface area contributed by atoms with Crippen LogP contribution in [0.15, 0.2) is 59.2 Å². The highest BCUT2D eigenvalue weighted by atomic mass is 16.6. The highest BCUT2D eigenvalue weighted by molar-refractivity contribution is 5.91. The molecule has 2 aromatic heterocycles. The topological polar surface area (TPSA) is 144 Å². The van der Waals surface area contributed by atoms with Crippen LogP contribution in [-0.4, -0.2) is 38.3 Å². The lowest BCUT2D eigenvalue weighted by molar-refractivity contribution is -0.122. The van der Waals surface area contributed by atoms with Crippen LogP contribution in [0.4, 0.5) is 5.82 Å². The van der Waals surface area contributed by atoms with Gasteiger partial charge in [0.15, 0.2) is 0 Å². The van der Waals surface area contributed by atoms with Gasteiger partial charge in [0.1, 0.15) is 16.9 Å². The fraction of sp³-hybridized carbons (Fsp3) is 0.261. The number of nitrogens with zero attached hydrogens (tertiary/aromatic N) is 3. The third-order valence-electron chi connectivity index (χ3n) is 5.58. The average Bonchev–Trinajstić information content (AvgIpc) is 3.28. The van der Waals surface area contributed by atoms with Crippen molar-refractivity contribution in [2.45, 2.75) is 31.7 Å². The van der Waals surface area contributed by atoms with Crippen molar-refractivity contribution in [2.75, 3.05) is 5.32 Å². The summed E-state index contributed by atoms with van der Waals surface area (Å²) in [5.41, 5.74) is 7.55. The number of hydrogen-bond donors (Lipinski definition) is 3. The van der Waals surface area contributed by atoms with Crippen LogP contribution in [0, 0.1) is 5.92 Å². The molecule has 164 valence electrons. The minimum atomic E-state index is -0.986. The van der Waals surface area contributed by atoms with Crippen molar-refractivity contribution < 1.29 is 19.3 Å². The van der Waals surface area contributed by atoms with Gasteiger partial charge in [0.05, 0.1) is 11.1 Å². The van der Waals surface area contributed by atoms with Gasteiger partial charge in [-0.25, -0.2) is 14.4 Å². The molecule has 1 saturated carbocycles. The summed E-state index contributed by atoms with van der Waals surface area (Å²) in [7, 11) is 0. The zero-order chi connectivity index (χ0) is 22.5. The summed E-state index contributed by atoms with van der Waals surface area (Å²) in [4.78, 5) is 26.3. The summed E-state index contributed by atoms with van der Waals surface area (Å²) < 4.78 is 4.41. The van der Waals surface area contributed by atoms with Crippen LogP contribution in [0.5, 0.6) is 0 Å². The number of amides is 1. The Labute approximate surface area is 183 Å². The van der Waals surface area contributed by atoms with E-state index in [0.717, 1.165) is 42.4 Å². The number of carboxylic acid groups (broad SMARTS) is 1. The summed E-state index contributed by atoms with van der Waals surface area (Å²) in [5.74, 6) is -0.184. The van der Waals surface area contributed by atoms with Crippen LogP contribution in [0.2, 0.25) is 0 Å². The maximum Gasteiger partial charge on any atom is 0.335 e. The molecule has 0 bridgehead atoms. The van der Waals surface area contributed by atoms with E-state index in [2.05, 4.69) is 37.4 Å². The highest BCUT2D eigenvalue weighted by Gasteiger charge is 2.24. The molecule has 4 N–H and O–H groups in total. The van der Waals surface area contributed by atoms with E-state index in [1.807, 2.05) is 24.3 Å². The number of carbonyl (C=O) groups excluding carboxylic acids is 1. The molecule has 0 spiro atoms. The first kappa shape index (κ1) is 21.2. The minimum Gasteiger partial charge on any atom is -0.478 e. The number of pyridine rings is 1. The number of nitrogens with two attached hydrogens (primary N) is 1. The molecule has 2 aromatic carbocycles. The van der Waals surface area contributed by atoms with Crippen LogP contribution in [0.25, 0.3) is 21.9 Å². The molecule has 2 heterocycles. The van der Waals surface area contributed by atoms with Crippen molar-refractivity contribution in [3.63, 3.8) is 0 Å². The molecular formula is C23H23N5O4. The first-order chi connectivity index (χ1) is 15.5. The fourth-order valence-corrected chi connectivity index (χ4v) is 3.79. The van der Waals surface area contributed by atoms with E-state index in [-0.39, 0.29) is 17.4 Å². The third kappa shape index (κ3) is 5.00. The predicted octanol–water partition coefficient (Wildman–Crippen LogP) is 3.61. The van der Waals surface area contributed by atoms with Crippen LogP contribution in [0.1, 0.15) is 36.0 Å². The molecule has 0 saturated heterocycles. The molecule has 4 aromatic rings. The van der Waals surface area contributed by atoms with Gasteiger partial charge >= 0.3 is 5.97 Å². The zero-order valence-corrected chi connectivity index (χ0v) is 17.3. The summed E-state index contributed by atoms with van der Waals surface area (Å²) in [6.45, 7) is 0. The maximum atomic E-state index is 11.2. The number of para-hydroxylation sites is 1. The zero-order valence-electron chi connectivity index (χ0n) is 17.3. The van der Waals surface area contributed by atoms with Crippen molar-refractivity contribution >= 4 is 39.6 Å². The maximum absolute atomic E-state index is 11.2. The van der Waals surface area contributed by atoms with Crippen molar-refractivity contribution in [3.05, 3.63) is 60.2 Å². The van der Waals surface area contributed by atoms with Gasteiger partial charge in [-0.3, -0.25) is 4.79 Å². The molecule has 5 rings (SSSR count). The molecule has 1 aliphatic carbocycles. The number of carboxylic acids is 1. The van der Waals surface area contributed by atoms with Crippen LogP contribution in [-0.2, 0) is 4.79 Å². The third-order valence-corrected chi connectivity index (χ3v) is 5.58. The number of aromatic carboxylic acids is 1. The van der Waals surface area contributed by atoms with Crippen LogP contribution >= 0.6 is 0 Å². The molecule has 32 heavy (non-hydrogen) atoms. The van der Waals surface area contributed by atoms with E-state index < -0.39 is 5.97 Å². The molecule has 0 unspecified atom stereocenters. The molecule has 0 aliphatic heterocycles. The van der Waals surface area contributed by atoms with Gasteiger partial charge in [0, 0.05) is 17.3 Å². The molecular weight excluding hydrogens is 410 g/mol. The Morgan fingerprint density at radius 2 is 1.69 bits per heavy atom. The second kappa shape index (κ2) is 9.42. The first-order valence-corrected chi connectivity index (χ1v) is 10.4. The highest BCUT2D eigenvalue weighted by Crippen LogP contribution is 2.26. The van der Waals surface area contributed by atoms with Gasteiger partial charge in [-0.15, -0.1) is 0 Å². The number of rotatable bonds is 4. The number of carbonyl (C=O) groups is 2. The van der Waals surface area contributed by atoms with Crippen LogP contribution < -0.4 is 11.1 Å². The molecule has 1 amide bonds. The van der Waals surface area contributed by atoms with Crippen LogP contribution in [0.3, 0.4) is 0 Å². The summed E-state index contributed by atoms with van der Waals surface area (Å²) in [5, 5.41) is 20.3. The molecule has 9 nitrogen and oxygen atoms in total. The van der Waals surface area contributed by atoms with E-state index in [0.29, 0.717) is 17.1 Å². The number of fused-ring (bicyclic) bond motifs is 2. The summed E-state index contributed by atoms with van der Waals surface area (Å²) in [6.07, 6.45) is 3.70. The van der Waals surface area contributed by atoms with E-state index >= 15 is 0 Å². The van der Waals surface area contributed by atoms with Crippen molar-refractivity contribution in [2.24, 2.45) is 11.7 Å². The Bertz CT molecular complexity index is 1250. The number of hydrogen-bond acceptors (Lipinski definition) is 7. The van der Waals surface area contributed by atoms with Gasteiger partial charge in [0.25, 0.3) is 0 Å². The van der Waals surface area contributed by atoms with Gasteiger partial charge in [-0.2, -0.15) is 0 Å². The lowest BCUT2D eigenvalue weighted by Gasteiger charge is -2.27. The monoisotopic (exact) mass is 433 g/mol. The van der Waals surface area contributed by atoms with Gasteiger partial charge < -0.3 is 16.2 Å². The normalized spacial score (nSPS) is 18.0. The second-order valence-electron chi connectivity index (χ2n) is 7.76. The summed E-state index contributed by atoms with van der Waals surface area (Å²) >= 11 is 0. The SMILES string of the molecule is NC(=O)[C@H]1CC[C@@H](Nc2ccc3ccccc3n2)CC1.O=C(O)c1ccc2nonc2c1. The lowest BCUT2D eigenvalue weighted by Crippen LogP contribution is -2.32. The van der Waals surface area contributed by atoms with E-state index in [1.165, 1.54) is 12.1 Å². The van der Waals surface area contributed by atoms with Gasteiger partial charge in [0.2, 0.25) is 5.91 Å². The number of nitrogens with one attached hydrogen (secondary N) is 1. The molecule has 1 aliphatic rings.